The molecule has 0 saturated carbocycles. The topological polar surface area (TPSA) is 51.2 Å². The molecule has 0 unspecified atom stereocenters. The Hall–Kier alpha value is -2.50. The molecule has 3 rings (SSSR count). The number of aryl methyl sites for hydroxylation is 2. The van der Waals surface area contributed by atoms with Crippen LogP contribution in [-0.2, 0) is 16.0 Å². The largest absolute Gasteiger partial charge is 0.359 e. The number of benzene rings is 2. The molecule has 0 radical (unpaired) electrons. The molecule has 1 amide bonds. The zero-order chi connectivity index (χ0) is 18.4. The van der Waals surface area contributed by atoms with Gasteiger partial charge in [0.05, 0.1) is 5.69 Å². The molecule has 0 aliphatic rings. The number of nitrogens with zero attached hydrogens (tertiary/aromatic N) is 1. The zero-order valence-electron chi connectivity index (χ0n) is 14.9. The molecule has 134 valence electrons. The van der Waals surface area contributed by atoms with E-state index >= 15 is 0 Å². The Kier molecular flexibility index (Phi) is 6.15. The standard InChI is InChI=1S/C21H22N2O2S/c1-3-18-15(2)26-21(22-18)23-19(24)14-25-20(16-10-6-4-7-11-16)17-12-8-5-9-13-17/h4-13,20H,3,14H2,1-2H3,(H,22,23,24). The highest BCUT2D eigenvalue weighted by Gasteiger charge is 2.17. The molecule has 4 nitrogen and oxygen atoms in total. The van der Waals surface area contributed by atoms with Gasteiger partial charge in [0.1, 0.15) is 12.7 Å². The lowest BCUT2D eigenvalue weighted by Gasteiger charge is -2.18. The predicted octanol–water partition coefficient (Wildman–Crippen LogP) is 4.76. The summed E-state index contributed by atoms with van der Waals surface area (Å²) in [6.45, 7) is 4.04. The van der Waals surface area contributed by atoms with Gasteiger partial charge in [-0.1, -0.05) is 67.6 Å². The van der Waals surface area contributed by atoms with Gasteiger partial charge in [-0.2, -0.15) is 0 Å². The van der Waals surface area contributed by atoms with Gasteiger partial charge in [0.25, 0.3) is 5.91 Å². The summed E-state index contributed by atoms with van der Waals surface area (Å²) in [5, 5.41) is 3.47. The second-order valence-corrected chi connectivity index (χ2v) is 7.14. The van der Waals surface area contributed by atoms with E-state index in [0.717, 1.165) is 28.1 Å². The van der Waals surface area contributed by atoms with Crippen molar-refractivity contribution in [2.45, 2.75) is 26.4 Å². The number of amides is 1. The lowest BCUT2D eigenvalue weighted by atomic mass is 10.0. The minimum absolute atomic E-state index is 0.0332. The molecule has 5 heteroatoms. The van der Waals surface area contributed by atoms with Crippen LogP contribution in [0.1, 0.15) is 34.7 Å². The number of anilines is 1. The van der Waals surface area contributed by atoms with Crippen LogP contribution in [0.3, 0.4) is 0 Å². The highest BCUT2D eigenvalue weighted by atomic mass is 32.1. The summed E-state index contributed by atoms with van der Waals surface area (Å²) in [6, 6.07) is 19.8. The second kappa shape index (κ2) is 8.74. The number of hydrogen-bond acceptors (Lipinski definition) is 4. The van der Waals surface area contributed by atoms with Crippen molar-refractivity contribution in [1.29, 1.82) is 0 Å². The highest BCUT2D eigenvalue weighted by molar-refractivity contribution is 7.15. The molecule has 1 heterocycles. The van der Waals surface area contributed by atoms with Crippen LogP contribution in [0.2, 0.25) is 0 Å². The van der Waals surface area contributed by atoms with Gasteiger partial charge < -0.3 is 4.74 Å². The molecule has 1 N–H and O–H groups in total. The van der Waals surface area contributed by atoms with E-state index < -0.39 is 0 Å². The summed E-state index contributed by atoms with van der Waals surface area (Å²) in [5.74, 6) is -0.196. The van der Waals surface area contributed by atoms with Crippen molar-refractivity contribution in [3.63, 3.8) is 0 Å². The monoisotopic (exact) mass is 366 g/mol. The molecule has 0 aliphatic heterocycles. The number of carbonyl (C=O) groups excluding carboxylic acids is 1. The maximum absolute atomic E-state index is 12.3. The van der Waals surface area contributed by atoms with E-state index in [2.05, 4.69) is 17.2 Å². The Labute approximate surface area is 157 Å². The Morgan fingerprint density at radius 1 is 1.08 bits per heavy atom. The molecule has 0 bridgehead atoms. The smallest absolute Gasteiger partial charge is 0.252 e. The quantitative estimate of drug-likeness (QED) is 0.656. The summed E-state index contributed by atoms with van der Waals surface area (Å²) < 4.78 is 5.98. The normalized spacial score (nSPS) is 10.9. The summed E-state index contributed by atoms with van der Waals surface area (Å²) in [4.78, 5) is 17.9. The van der Waals surface area contributed by atoms with Gasteiger partial charge in [-0.05, 0) is 24.5 Å². The molecule has 0 spiro atoms. The molecule has 0 aliphatic carbocycles. The molecule has 0 atom stereocenters. The van der Waals surface area contributed by atoms with E-state index in [1.54, 1.807) is 0 Å². The summed E-state index contributed by atoms with van der Waals surface area (Å²) >= 11 is 1.50. The number of ether oxygens (including phenoxy) is 1. The Balaban J connectivity index is 1.68. The van der Waals surface area contributed by atoms with Crippen LogP contribution in [0.4, 0.5) is 5.13 Å². The second-order valence-electron chi connectivity index (χ2n) is 5.94. The number of rotatable bonds is 7. The van der Waals surface area contributed by atoms with Gasteiger partial charge in [-0.3, -0.25) is 10.1 Å². The average Bonchev–Trinajstić information content (AvgIpc) is 3.03. The number of thiazole rings is 1. The van der Waals surface area contributed by atoms with Crippen LogP contribution in [0.25, 0.3) is 0 Å². The molecule has 0 fully saturated rings. The molecule has 3 aromatic rings. The van der Waals surface area contributed by atoms with E-state index in [0.29, 0.717) is 5.13 Å². The number of nitrogens with one attached hydrogen (secondary N) is 1. The van der Waals surface area contributed by atoms with E-state index in [4.69, 9.17) is 4.74 Å². The van der Waals surface area contributed by atoms with Crippen LogP contribution in [-0.4, -0.2) is 17.5 Å². The minimum atomic E-state index is -0.285. The van der Waals surface area contributed by atoms with Gasteiger partial charge in [0, 0.05) is 4.88 Å². The molecule has 2 aromatic carbocycles. The fraction of sp³-hybridized carbons (Fsp3) is 0.238. The molecule has 1 aromatic heterocycles. The lowest BCUT2D eigenvalue weighted by molar-refractivity contribution is -0.121. The van der Waals surface area contributed by atoms with Crippen molar-refractivity contribution in [2.24, 2.45) is 0 Å². The first kappa shape index (κ1) is 18.3. The molecule has 0 saturated heterocycles. The fourth-order valence-electron chi connectivity index (χ4n) is 2.76. The summed E-state index contributed by atoms with van der Waals surface area (Å²) in [6.07, 6.45) is 0.575. The first-order chi connectivity index (χ1) is 12.7. The Morgan fingerprint density at radius 2 is 1.65 bits per heavy atom. The molecule has 26 heavy (non-hydrogen) atoms. The van der Waals surface area contributed by atoms with Gasteiger partial charge in [0.15, 0.2) is 5.13 Å². The van der Waals surface area contributed by atoms with Gasteiger partial charge >= 0.3 is 0 Å². The fourth-order valence-corrected chi connectivity index (χ4v) is 3.68. The van der Waals surface area contributed by atoms with Crippen molar-refractivity contribution in [3.8, 4) is 0 Å². The maximum Gasteiger partial charge on any atom is 0.252 e. The molecular formula is C21H22N2O2S. The first-order valence-corrected chi connectivity index (χ1v) is 9.46. The minimum Gasteiger partial charge on any atom is -0.359 e. The lowest BCUT2D eigenvalue weighted by Crippen LogP contribution is -2.20. The highest BCUT2D eigenvalue weighted by Crippen LogP contribution is 2.26. The summed E-state index contributed by atoms with van der Waals surface area (Å²) in [7, 11) is 0. The first-order valence-electron chi connectivity index (χ1n) is 8.65. The van der Waals surface area contributed by atoms with E-state index in [9.17, 15) is 4.79 Å². The number of aromatic nitrogens is 1. The van der Waals surface area contributed by atoms with Crippen LogP contribution >= 0.6 is 11.3 Å². The number of hydrogen-bond donors (Lipinski definition) is 1. The zero-order valence-corrected chi connectivity index (χ0v) is 15.8. The van der Waals surface area contributed by atoms with Gasteiger partial charge in [0.2, 0.25) is 0 Å². The van der Waals surface area contributed by atoms with Gasteiger partial charge in [-0.15, -0.1) is 11.3 Å². The number of carbonyl (C=O) groups is 1. The third-order valence-corrected chi connectivity index (χ3v) is 4.99. The Morgan fingerprint density at radius 3 is 2.15 bits per heavy atom. The maximum atomic E-state index is 12.3. The van der Waals surface area contributed by atoms with E-state index in [1.807, 2.05) is 67.6 Å². The van der Waals surface area contributed by atoms with E-state index in [-0.39, 0.29) is 18.6 Å². The third kappa shape index (κ3) is 4.56. The van der Waals surface area contributed by atoms with Crippen LogP contribution in [0.15, 0.2) is 60.7 Å². The predicted molar refractivity (Wildman–Crippen MR) is 106 cm³/mol. The van der Waals surface area contributed by atoms with Crippen LogP contribution in [0, 0.1) is 6.92 Å². The molecular weight excluding hydrogens is 344 g/mol. The van der Waals surface area contributed by atoms with Crippen molar-refractivity contribution in [1.82, 2.24) is 4.98 Å². The van der Waals surface area contributed by atoms with E-state index in [1.165, 1.54) is 11.3 Å². The SMILES string of the molecule is CCc1nc(NC(=O)COC(c2ccccc2)c2ccccc2)sc1C. The van der Waals surface area contributed by atoms with Crippen molar-refractivity contribution in [3.05, 3.63) is 82.4 Å². The van der Waals surface area contributed by atoms with Gasteiger partial charge in [-0.25, -0.2) is 4.98 Å². The van der Waals surface area contributed by atoms with Crippen molar-refractivity contribution in [2.75, 3.05) is 11.9 Å². The van der Waals surface area contributed by atoms with Crippen molar-refractivity contribution >= 4 is 22.4 Å². The van der Waals surface area contributed by atoms with Crippen LogP contribution < -0.4 is 5.32 Å². The van der Waals surface area contributed by atoms with Crippen LogP contribution in [0.5, 0.6) is 0 Å². The summed E-state index contributed by atoms with van der Waals surface area (Å²) in [5.41, 5.74) is 3.06. The third-order valence-electron chi connectivity index (χ3n) is 4.06. The van der Waals surface area contributed by atoms with Crippen molar-refractivity contribution < 1.29 is 9.53 Å². The average molecular weight is 366 g/mol. The Bertz CT molecular complexity index is 807.